The third-order valence-corrected chi connectivity index (χ3v) is 2.70. The summed E-state index contributed by atoms with van der Waals surface area (Å²) in [6.45, 7) is 10.4. The fourth-order valence-electron chi connectivity index (χ4n) is 1.08. The van der Waals surface area contributed by atoms with E-state index in [1.165, 1.54) is 19.3 Å². The van der Waals surface area contributed by atoms with Crippen molar-refractivity contribution in [3.05, 3.63) is 11.6 Å². The maximum absolute atomic E-state index is 5.81. The van der Waals surface area contributed by atoms with Crippen LogP contribution >= 0.6 is 11.6 Å². The van der Waals surface area contributed by atoms with Gasteiger partial charge in [0.15, 0.2) is 0 Å². The molecule has 0 aliphatic carbocycles. The van der Waals surface area contributed by atoms with Gasteiger partial charge in [-0.25, -0.2) is 0 Å². The maximum Gasteiger partial charge on any atom is 0.0140 e. The summed E-state index contributed by atoms with van der Waals surface area (Å²) in [5, 5.41) is 0.800. The standard InChI is InChI=1S/C10H19Cl/c1-5-6-7-8(2)9(3)10(4)11/h8-9H,4-7H2,1-3H3. The molecule has 0 spiro atoms. The van der Waals surface area contributed by atoms with Crippen molar-refractivity contribution in [3.63, 3.8) is 0 Å². The molecule has 0 fully saturated rings. The number of allylic oxidation sites excluding steroid dienone is 1. The Morgan fingerprint density at radius 1 is 1.45 bits per heavy atom. The summed E-state index contributed by atoms with van der Waals surface area (Å²) in [7, 11) is 0. The van der Waals surface area contributed by atoms with Crippen molar-refractivity contribution in [1.82, 2.24) is 0 Å². The van der Waals surface area contributed by atoms with Crippen molar-refractivity contribution in [2.24, 2.45) is 11.8 Å². The summed E-state index contributed by atoms with van der Waals surface area (Å²) in [5.74, 6) is 1.14. The van der Waals surface area contributed by atoms with Gasteiger partial charge >= 0.3 is 0 Å². The lowest BCUT2D eigenvalue weighted by Gasteiger charge is -2.17. The molecule has 0 aromatic rings. The molecule has 2 atom stereocenters. The third kappa shape index (κ3) is 4.47. The smallest absolute Gasteiger partial charge is 0.0140 e. The minimum absolute atomic E-state index is 0.461. The molecule has 0 bridgehead atoms. The molecule has 0 aliphatic heterocycles. The predicted octanol–water partition coefficient (Wildman–Crippen LogP) is 4.20. The lowest BCUT2D eigenvalue weighted by molar-refractivity contribution is 0.409. The monoisotopic (exact) mass is 174 g/mol. The van der Waals surface area contributed by atoms with Gasteiger partial charge in [-0.1, -0.05) is 58.2 Å². The zero-order chi connectivity index (χ0) is 8.85. The summed E-state index contributed by atoms with van der Waals surface area (Å²) in [5.41, 5.74) is 0. The van der Waals surface area contributed by atoms with E-state index in [4.69, 9.17) is 11.6 Å². The molecule has 0 radical (unpaired) electrons. The Bertz CT molecular complexity index is 118. The molecule has 66 valence electrons. The lowest BCUT2D eigenvalue weighted by Crippen LogP contribution is -2.07. The highest BCUT2D eigenvalue weighted by molar-refractivity contribution is 6.29. The molecule has 2 unspecified atom stereocenters. The predicted molar refractivity (Wildman–Crippen MR) is 52.8 cm³/mol. The molecule has 11 heavy (non-hydrogen) atoms. The molecular weight excluding hydrogens is 156 g/mol. The van der Waals surface area contributed by atoms with Crippen molar-refractivity contribution < 1.29 is 0 Å². The van der Waals surface area contributed by atoms with Gasteiger partial charge < -0.3 is 0 Å². The molecule has 0 N–H and O–H groups in total. The summed E-state index contributed by atoms with van der Waals surface area (Å²) < 4.78 is 0. The van der Waals surface area contributed by atoms with E-state index in [1.807, 2.05) is 0 Å². The third-order valence-electron chi connectivity index (χ3n) is 2.36. The fourth-order valence-corrected chi connectivity index (χ4v) is 1.30. The molecule has 0 heterocycles. The van der Waals surface area contributed by atoms with E-state index in [1.54, 1.807) is 0 Å². The van der Waals surface area contributed by atoms with E-state index in [0.29, 0.717) is 11.8 Å². The van der Waals surface area contributed by atoms with E-state index in [0.717, 1.165) is 5.03 Å². The van der Waals surface area contributed by atoms with E-state index < -0.39 is 0 Å². The largest absolute Gasteiger partial charge is 0.0895 e. The molecule has 0 rings (SSSR count). The van der Waals surface area contributed by atoms with Gasteiger partial charge in [-0.05, 0) is 11.8 Å². The van der Waals surface area contributed by atoms with Gasteiger partial charge in [-0.15, -0.1) is 0 Å². The summed E-state index contributed by atoms with van der Waals surface area (Å²) >= 11 is 5.81. The Labute approximate surface area is 75.6 Å². The van der Waals surface area contributed by atoms with Crippen LogP contribution in [0.4, 0.5) is 0 Å². The van der Waals surface area contributed by atoms with Gasteiger partial charge in [0.1, 0.15) is 0 Å². The van der Waals surface area contributed by atoms with Crippen molar-refractivity contribution >= 4 is 11.6 Å². The average Bonchev–Trinajstić information content (AvgIpc) is 1.98. The van der Waals surface area contributed by atoms with Crippen molar-refractivity contribution in [2.75, 3.05) is 0 Å². The molecule has 0 aromatic carbocycles. The summed E-state index contributed by atoms with van der Waals surface area (Å²) in [4.78, 5) is 0. The number of rotatable bonds is 5. The SMILES string of the molecule is C=C(Cl)C(C)C(C)CCCC. The second-order valence-corrected chi connectivity index (χ2v) is 3.84. The maximum atomic E-state index is 5.81. The lowest BCUT2D eigenvalue weighted by atomic mass is 9.91. The first-order chi connectivity index (χ1) is 5.09. The Kier molecular flexibility index (Phi) is 5.67. The first kappa shape index (κ1) is 11.0. The van der Waals surface area contributed by atoms with Crippen molar-refractivity contribution in [1.29, 1.82) is 0 Å². The molecule has 0 aromatic heterocycles. The van der Waals surface area contributed by atoms with Crippen LogP contribution in [0.25, 0.3) is 0 Å². The number of hydrogen-bond donors (Lipinski definition) is 0. The quantitative estimate of drug-likeness (QED) is 0.586. The minimum Gasteiger partial charge on any atom is -0.0895 e. The molecule has 0 nitrogen and oxygen atoms in total. The molecule has 0 saturated carbocycles. The fraction of sp³-hybridized carbons (Fsp3) is 0.800. The Morgan fingerprint density at radius 2 is 2.00 bits per heavy atom. The van der Waals surface area contributed by atoms with Crippen molar-refractivity contribution in [2.45, 2.75) is 40.0 Å². The molecular formula is C10H19Cl. The normalized spacial score (nSPS) is 16.0. The Balaban J connectivity index is 3.63. The van der Waals surface area contributed by atoms with Gasteiger partial charge in [-0.2, -0.15) is 0 Å². The van der Waals surface area contributed by atoms with E-state index in [2.05, 4.69) is 27.4 Å². The topological polar surface area (TPSA) is 0 Å². The second kappa shape index (κ2) is 5.65. The van der Waals surface area contributed by atoms with Crippen LogP contribution in [0, 0.1) is 11.8 Å². The minimum atomic E-state index is 0.461. The van der Waals surface area contributed by atoms with Gasteiger partial charge in [-0.3, -0.25) is 0 Å². The van der Waals surface area contributed by atoms with E-state index in [9.17, 15) is 0 Å². The highest BCUT2D eigenvalue weighted by atomic mass is 35.5. The van der Waals surface area contributed by atoms with Gasteiger partial charge in [0.05, 0.1) is 0 Å². The second-order valence-electron chi connectivity index (χ2n) is 3.36. The van der Waals surface area contributed by atoms with Crippen LogP contribution in [0.2, 0.25) is 0 Å². The van der Waals surface area contributed by atoms with Crippen LogP contribution in [-0.4, -0.2) is 0 Å². The van der Waals surface area contributed by atoms with Gasteiger partial charge in [0, 0.05) is 5.03 Å². The number of halogens is 1. The van der Waals surface area contributed by atoms with Gasteiger partial charge in [0.2, 0.25) is 0 Å². The van der Waals surface area contributed by atoms with Crippen LogP contribution in [0.15, 0.2) is 11.6 Å². The van der Waals surface area contributed by atoms with Crippen LogP contribution in [0.5, 0.6) is 0 Å². The van der Waals surface area contributed by atoms with Crippen molar-refractivity contribution in [3.8, 4) is 0 Å². The summed E-state index contributed by atoms with van der Waals surface area (Å²) in [6.07, 6.45) is 3.84. The highest BCUT2D eigenvalue weighted by Crippen LogP contribution is 2.25. The Hall–Kier alpha value is 0.0300. The summed E-state index contributed by atoms with van der Waals surface area (Å²) in [6, 6.07) is 0. The molecule has 0 saturated heterocycles. The number of unbranched alkanes of at least 4 members (excludes halogenated alkanes) is 1. The van der Waals surface area contributed by atoms with E-state index in [-0.39, 0.29) is 0 Å². The first-order valence-corrected chi connectivity index (χ1v) is 4.81. The zero-order valence-electron chi connectivity index (χ0n) is 7.86. The molecule has 0 amide bonds. The molecule has 0 aliphatic rings. The zero-order valence-corrected chi connectivity index (χ0v) is 8.62. The first-order valence-electron chi connectivity index (χ1n) is 4.43. The van der Waals surface area contributed by atoms with Crippen LogP contribution in [0.1, 0.15) is 40.0 Å². The average molecular weight is 175 g/mol. The van der Waals surface area contributed by atoms with Crippen LogP contribution < -0.4 is 0 Å². The Morgan fingerprint density at radius 3 is 2.36 bits per heavy atom. The molecule has 1 heteroatoms. The van der Waals surface area contributed by atoms with Gasteiger partial charge in [0.25, 0.3) is 0 Å². The number of hydrogen-bond acceptors (Lipinski definition) is 0. The highest BCUT2D eigenvalue weighted by Gasteiger charge is 2.12. The van der Waals surface area contributed by atoms with E-state index >= 15 is 0 Å². The van der Waals surface area contributed by atoms with Crippen LogP contribution in [0.3, 0.4) is 0 Å². The van der Waals surface area contributed by atoms with Crippen LogP contribution in [-0.2, 0) is 0 Å².